The fraction of sp³-hybridized carbons (Fsp3) is 0.222. The van der Waals surface area contributed by atoms with Gasteiger partial charge in [-0.2, -0.15) is 13.2 Å². The molecule has 0 atom stereocenters. The lowest BCUT2D eigenvalue weighted by Crippen LogP contribution is -2.25. The fourth-order valence-electron chi connectivity index (χ4n) is 2.33. The Hall–Kier alpha value is -2.83. The van der Waals surface area contributed by atoms with Crippen LogP contribution in [0.25, 0.3) is 0 Å². The average molecular weight is 348 g/mol. The van der Waals surface area contributed by atoms with E-state index >= 15 is 0 Å². The van der Waals surface area contributed by atoms with Gasteiger partial charge in [0.1, 0.15) is 0 Å². The zero-order valence-electron chi connectivity index (χ0n) is 13.1. The van der Waals surface area contributed by atoms with Crippen molar-refractivity contribution in [1.82, 2.24) is 5.32 Å². The number of nitrogens with one attached hydrogen (secondary N) is 2. The number of carbonyl (C=O) groups excluding carboxylic acids is 2. The molecular formula is C18H15F3N2O2. The van der Waals surface area contributed by atoms with Gasteiger partial charge in [-0.1, -0.05) is 12.1 Å². The third-order valence-electron chi connectivity index (χ3n) is 3.79. The van der Waals surface area contributed by atoms with Gasteiger partial charge in [-0.3, -0.25) is 9.59 Å². The normalized spacial score (nSPS) is 14.0. The highest BCUT2D eigenvalue weighted by molar-refractivity contribution is 6.05. The number of hydrogen-bond acceptors (Lipinski definition) is 2. The predicted molar refractivity (Wildman–Crippen MR) is 86.3 cm³/mol. The zero-order valence-corrected chi connectivity index (χ0v) is 13.1. The van der Waals surface area contributed by atoms with Crippen LogP contribution in [-0.2, 0) is 6.18 Å². The molecule has 0 saturated heterocycles. The highest BCUT2D eigenvalue weighted by Gasteiger charge is 2.34. The van der Waals surface area contributed by atoms with Crippen molar-refractivity contribution in [2.45, 2.75) is 25.1 Å². The maximum absolute atomic E-state index is 13.0. The van der Waals surface area contributed by atoms with Crippen molar-refractivity contribution in [3.8, 4) is 0 Å². The maximum Gasteiger partial charge on any atom is 0.417 e. The van der Waals surface area contributed by atoms with Crippen LogP contribution < -0.4 is 10.6 Å². The van der Waals surface area contributed by atoms with Crippen LogP contribution in [0.2, 0.25) is 0 Å². The molecule has 2 aromatic carbocycles. The number of carbonyl (C=O) groups is 2. The summed E-state index contributed by atoms with van der Waals surface area (Å²) < 4.78 is 38.9. The van der Waals surface area contributed by atoms with Gasteiger partial charge in [0.15, 0.2) is 0 Å². The van der Waals surface area contributed by atoms with E-state index in [9.17, 15) is 22.8 Å². The molecule has 3 rings (SSSR count). The molecule has 4 nitrogen and oxygen atoms in total. The second kappa shape index (κ2) is 6.58. The lowest BCUT2D eigenvalue weighted by molar-refractivity contribution is -0.137. The summed E-state index contributed by atoms with van der Waals surface area (Å²) in [5, 5.41) is 5.25. The Balaban J connectivity index is 1.72. The highest BCUT2D eigenvalue weighted by atomic mass is 19.4. The summed E-state index contributed by atoms with van der Waals surface area (Å²) >= 11 is 0. The molecule has 2 amide bonds. The van der Waals surface area contributed by atoms with E-state index in [1.165, 1.54) is 36.4 Å². The van der Waals surface area contributed by atoms with E-state index in [0.29, 0.717) is 11.3 Å². The minimum atomic E-state index is -4.61. The van der Waals surface area contributed by atoms with Gasteiger partial charge in [0.2, 0.25) is 0 Å². The van der Waals surface area contributed by atoms with Crippen LogP contribution in [0.3, 0.4) is 0 Å². The Morgan fingerprint density at radius 1 is 0.920 bits per heavy atom. The van der Waals surface area contributed by atoms with Crippen LogP contribution in [0.4, 0.5) is 18.9 Å². The summed E-state index contributed by atoms with van der Waals surface area (Å²) in [4.78, 5) is 24.0. The third kappa shape index (κ3) is 4.17. The fourth-order valence-corrected chi connectivity index (χ4v) is 2.33. The van der Waals surface area contributed by atoms with Crippen molar-refractivity contribution in [3.63, 3.8) is 0 Å². The minimum absolute atomic E-state index is 0.206. The Morgan fingerprint density at radius 2 is 1.56 bits per heavy atom. The molecule has 1 fully saturated rings. The first-order chi connectivity index (χ1) is 11.8. The van der Waals surface area contributed by atoms with Gasteiger partial charge in [0.25, 0.3) is 11.8 Å². The van der Waals surface area contributed by atoms with E-state index in [2.05, 4.69) is 10.6 Å². The maximum atomic E-state index is 13.0. The molecule has 0 radical (unpaired) electrons. The first-order valence-electron chi connectivity index (χ1n) is 7.73. The lowest BCUT2D eigenvalue weighted by atomic mass is 10.1. The molecular weight excluding hydrogens is 333 g/mol. The van der Waals surface area contributed by atoms with Gasteiger partial charge in [-0.15, -0.1) is 0 Å². The molecule has 2 aromatic rings. The molecule has 2 N–H and O–H groups in total. The van der Waals surface area contributed by atoms with Crippen LogP contribution in [-0.4, -0.2) is 17.9 Å². The van der Waals surface area contributed by atoms with E-state index in [-0.39, 0.29) is 11.9 Å². The molecule has 1 aliphatic carbocycles. The SMILES string of the molecule is O=C(NC1CC1)c1ccc(NC(=O)c2ccccc2C(F)(F)F)cc1. The second-order valence-corrected chi connectivity index (χ2v) is 5.82. The topological polar surface area (TPSA) is 58.2 Å². The molecule has 0 heterocycles. The molecule has 7 heteroatoms. The molecule has 1 saturated carbocycles. The van der Waals surface area contributed by atoms with Gasteiger partial charge < -0.3 is 10.6 Å². The van der Waals surface area contributed by atoms with Crippen LogP contribution in [0.5, 0.6) is 0 Å². The Labute approximate surface area is 142 Å². The summed E-state index contributed by atoms with van der Waals surface area (Å²) in [7, 11) is 0. The third-order valence-corrected chi connectivity index (χ3v) is 3.79. The van der Waals surface area contributed by atoms with Gasteiger partial charge in [0, 0.05) is 17.3 Å². The molecule has 0 aliphatic heterocycles. The lowest BCUT2D eigenvalue weighted by Gasteiger charge is -2.13. The predicted octanol–water partition coefficient (Wildman–Crippen LogP) is 3.85. The summed E-state index contributed by atoms with van der Waals surface area (Å²) in [5.74, 6) is -1.06. The van der Waals surface area contributed by atoms with Crippen molar-refractivity contribution in [2.75, 3.05) is 5.32 Å². The van der Waals surface area contributed by atoms with Crippen LogP contribution in [0.1, 0.15) is 39.1 Å². The van der Waals surface area contributed by atoms with E-state index in [1.807, 2.05) is 0 Å². The van der Waals surface area contributed by atoms with E-state index in [0.717, 1.165) is 25.0 Å². The van der Waals surface area contributed by atoms with Gasteiger partial charge >= 0.3 is 6.18 Å². The molecule has 0 aromatic heterocycles. The van der Waals surface area contributed by atoms with Gasteiger partial charge in [-0.25, -0.2) is 0 Å². The van der Waals surface area contributed by atoms with Crippen molar-refractivity contribution >= 4 is 17.5 Å². The van der Waals surface area contributed by atoms with Crippen LogP contribution in [0.15, 0.2) is 48.5 Å². The van der Waals surface area contributed by atoms with E-state index < -0.39 is 23.2 Å². The largest absolute Gasteiger partial charge is 0.417 e. The Morgan fingerprint density at radius 3 is 2.16 bits per heavy atom. The number of hydrogen-bond donors (Lipinski definition) is 2. The molecule has 1 aliphatic rings. The number of halogens is 3. The van der Waals surface area contributed by atoms with Gasteiger partial charge in [-0.05, 0) is 49.2 Å². The Kier molecular flexibility index (Phi) is 4.48. The van der Waals surface area contributed by atoms with Crippen LogP contribution >= 0.6 is 0 Å². The first kappa shape index (κ1) is 17.0. The number of rotatable bonds is 4. The molecule has 0 bridgehead atoms. The number of alkyl halides is 3. The summed E-state index contributed by atoms with van der Waals surface area (Å²) in [5.41, 5.74) is -0.705. The van der Waals surface area contributed by atoms with Crippen LogP contribution in [0, 0.1) is 0 Å². The van der Waals surface area contributed by atoms with Crippen molar-refractivity contribution in [3.05, 3.63) is 65.2 Å². The molecule has 25 heavy (non-hydrogen) atoms. The van der Waals surface area contributed by atoms with Crippen molar-refractivity contribution in [2.24, 2.45) is 0 Å². The monoisotopic (exact) mass is 348 g/mol. The average Bonchev–Trinajstić information content (AvgIpc) is 3.38. The molecule has 0 unspecified atom stereocenters. The van der Waals surface area contributed by atoms with Gasteiger partial charge in [0.05, 0.1) is 11.1 Å². The quantitative estimate of drug-likeness (QED) is 0.882. The van der Waals surface area contributed by atoms with Crippen molar-refractivity contribution < 1.29 is 22.8 Å². The summed E-state index contributed by atoms with van der Waals surface area (Å²) in [6.45, 7) is 0. The zero-order chi connectivity index (χ0) is 18.0. The number of benzene rings is 2. The summed E-state index contributed by atoms with van der Waals surface area (Å²) in [6, 6.07) is 10.8. The Bertz CT molecular complexity index is 797. The number of anilines is 1. The molecule has 0 spiro atoms. The highest BCUT2D eigenvalue weighted by Crippen LogP contribution is 2.32. The number of amides is 2. The summed E-state index contributed by atoms with van der Waals surface area (Å²) in [6.07, 6.45) is -2.67. The second-order valence-electron chi connectivity index (χ2n) is 5.82. The minimum Gasteiger partial charge on any atom is -0.349 e. The van der Waals surface area contributed by atoms with E-state index in [1.54, 1.807) is 0 Å². The first-order valence-corrected chi connectivity index (χ1v) is 7.73. The van der Waals surface area contributed by atoms with E-state index in [4.69, 9.17) is 0 Å². The smallest absolute Gasteiger partial charge is 0.349 e. The molecule has 130 valence electrons. The van der Waals surface area contributed by atoms with Crippen molar-refractivity contribution in [1.29, 1.82) is 0 Å². The standard InChI is InChI=1S/C18H15F3N2O2/c19-18(20,21)15-4-2-1-3-14(15)17(25)23-12-7-5-11(6-8-12)16(24)22-13-9-10-13/h1-8,13H,9-10H2,(H,22,24)(H,23,25).